The number of unbranched alkanes of at least 4 members (excludes halogenated alkanes) is 1. The molecular formula is C19H16O6. The fourth-order valence-electron chi connectivity index (χ4n) is 2.74. The smallest absolute Gasteiger partial charge is 0.462 e. The molecule has 0 unspecified atom stereocenters. The molecule has 1 aliphatic carbocycles. The minimum absolute atomic E-state index is 0.0756. The molecule has 0 spiro atoms. The number of carboxylic acid groups (broad SMARTS) is 1. The van der Waals surface area contributed by atoms with E-state index in [0.29, 0.717) is 34.4 Å². The zero-order chi connectivity index (χ0) is 18.0. The van der Waals surface area contributed by atoms with Gasteiger partial charge in [-0.05, 0) is 47.9 Å². The van der Waals surface area contributed by atoms with Gasteiger partial charge in [0.1, 0.15) is 5.75 Å². The van der Waals surface area contributed by atoms with Crippen molar-refractivity contribution in [2.24, 2.45) is 0 Å². The minimum Gasteiger partial charge on any atom is -0.462 e. The Morgan fingerprint density at radius 2 is 1.68 bits per heavy atom. The van der Waals surface area contributed by atoms with Gasteiger partial charge in [0.05, 0.1) is 12.2 Å². The summed E-state index contributed by atoms with van der Waals surface area (Å²) in [6.07, 6.45) is 0.263. The van der Waals surface area contributed by atoms with E-state index in [0.717, 1.165) is 12.8 Å². The lowest BCUT2D eigenvalue weighted by Crippen LogP contribution is -2.07. The Hall–Kier alpha value is -3.15. The monoisotopic (exact) mass is 340 g/mol. The van der Waals surface area contributed by atoms with Crippen LogP contribution in [0.3, 0.4) is 0 Å². The molecule has 3 rings (SSSR count). The number of benzene rings is 2. The van der Waals surface area contributed by atoms with Crippen LogP contribution in [0.2, 0.25) is 0 Å². The Labute approximate surface area is 144 Å². The third-order valence-electron chi connectivity index (χ3n) is 3.96. The lowest BCUT2D eigenvalue weighted by molar-refractivity contribution is 0.0499. The quantitative estimate of drug-likeness (QED) is 0.430. The predicted molar refractivity (Wildman–Crippen MR) is 89.2 cm³/mol. The van der Waals surface area contributed by atoms with Crippen molar-refractivity contribution in [2.45, 2.75) is 19.8 Å². The summed E-state index contributed by atoms with van der Waals surface area (Å²) < 4.78 is 9.76. The number of rotatable bonds is 5. The normalized spacial score (nSPS) is 11.6. The highest BCUT2D eigenvalue weighted by Crippen LogP contribution is 2.38. The summed E-state index contributed by atoms with van der Waals surface area (Å²) in [4.78, 5) is 35.3. The number of carbonyl (C=O) groups excluding carboxylic acids is 2. The Balaban J connectivity index is 1.89. The largest absolute Gasteiger partial charge is 0.511 e. The number of esters is 1. The van der Waals surface area contributed by atoms with Crippen LogP contribution >= 0.6 is 0 Å². The lowest BCUT2D eigenvalue weighted by atomic mass is 10.0. The van der Waals surface area contributed by atoms with Crippen LogP contribution < -0.4 is 4.74 Å². The molecule has 0 saturated heterocycles. The van der Waals surface area contributed by atoms with E-state index in [4.69, 9.17) is 9.84 Å². The third kappa shape index (κ3) is 3.24. The first-order chi connectivity index (χ1) is 12.0. The molecule has 2 aromatic rings. The molecule has 0 saturated carbocycles. The maximum Gasteiger partial charge on any atom is 0.511 e. The molecule has 6 heteroatoms. The molecule has 128 valence electrons. The molecule has 6 nitrogen and oxygen atoms in total. The second-order valence-electron chi connectivity index (χ2n) is 5.65. The van der Waals surface area contributed by atoms with E-state index in [1.807, 2.05) is 6.92 Å². The summed E-state index contributed by atoms with van der Waals surface area (Å²) in [5.41, 5.74) is 2.45. The number of ketones is 1. The van der Waals surface area contributed by atoms with Gasteiger partial charge in [-0.15, -0.1) is 0 Å². The average molecular weight is 340 g/mol. The van der Waals surface area contributed by atoms with Crippen LogP contribution in [0.5, 0.6) is 5.75 Å². The van der Waals surface area contributed by atoms with Gasteiger partial charge in [0.15, 0.2) is 5.78 Å². The highest BCUT2D eigenvalue weighted by molar-refractivity contribution is 6.22. The van der Waals surface area contributed by atoms with E-state index in [1.54, 1.807) is 18.2 Å². The molecule has 0 aromatic heterocycles. The van der Waals surface area contributed by atoms with E-state index in [9.17, 15) is 14.4 Å². The Morgan fingerprint density at radius 1 is 1.00 bits per heavy atom. The van der Waals surface area contributed by atoms with Gasteiger partial charge in [0.25, 0.3) is 0 Å². The van der Waals surface area contributed by atoms with Gasteiger partial charge >= 0.3 is 12.1 Å². The second-order valence-corrected chi connectivity index (χ2v) is 5.65. The zero-order valence-electron chi connectivity index (χ0n) is 13.6. The van der Waals surface area contributed by atoms with Crippen LogP contribution in [0.1, 0.15) is 46.0 Å². The molecule has 1 aliphatic rings. The van der Waals surface area contributed by atoms with Crippen molar-refractivity contribution in [2.75, 3.05) is 6.61 Å². The van der Waals surface area contributed by atoms with Gasteiger partial charge in [-0.25, -0.2) is 9.59 Å². The lowest BCUT2D eigenvalue weighted by Gasteiger charge is -2.06. The molecule has 0 atom stereocenters. The summed E-state index contributed by atoms with van der Waals surface area (Å²) in [6, 6.07) is 9.36. The highest BCUT2D eigenvalue weighted by Gasteiger charge is 2.28. The van der Waals surface area contributed by atoms with E-state index < -0.39 is 12.1 Å². The van der Waals surface area contributed by atoms with Crippen molar-refractivity contribution >= 4 is 17.9 Å². The maximum atomic E-state index is 12.6. The zero-order valence-corrected chi connectivity index (χ0v) is 13.6. The molecule has 0 bridgehead atoms. The molecule has 0 heterocycles. The maximum absolute atomic E-state index is 12.6. The number of hydrogen-bond acceptors (Lipinski definition) is 5. The van der Waals surface area contributed by atoms with Crippen LogP contribution in [0.15, 0.2) is 36.4 Å². The van der Waals surface area contributed by atoms with Crippen molar-refractivity contribution in [3.63, 3.8) is 0 Å². The number of fused-ring (bicyclic) bond motifs is 3. The first-order valence-electron chi connectivity index (χ1n) is 7.92. The van der Waals surface area contributed by atoms with E-state index >= 15 is 0 Å². The topological polar surface area (TPSA) is 89.9 Å². The molecule has 2 aromatic carbocycles. The number of carbonyl (C=O) groups is 3. The molecule has 25 heavy (non-hydrogen) atoms. The summed E-state index contributed by atoms with van der Waals surface area (Å²) in [5.74, 6) is -0.662. The number of ether oxygens (including phenoxy) is 2. The summed E-state index contributed by atoms with van der Waals surface area (Å²) in [5, 5.41) is 8.68. The van der Waals surface area contributed by atoms with Crippen molar-refractivity contribution in [1.82, 2.24) is 0 Å². The van der Waals surface area contributed by atoms with Gasteiger partial charge in [-0.1, -0.05) is 19.4 Å². The van der Waals surface area contributed by atoms with E-state index in [-0.39, 0.29) is 11.5 Å². The standard InChI is InChI=1S/C19H16O6/c1-2-3-8-24-18(21)11-4-6-13-14-7-5-12(25-19(22)23)10-16(14)17(20)15(13)9-11/h4-7,9-10H,2-3,8H2,1H3,(H,22,23). The first kappa shape index (κ1) is 16.7. The van der Waals surface area contributed by atoms with Crippen molar-refractivity contribution < 1.29 is 29.0 Å². The van der Waals surface area contributed by atoms with E-state index in [2.05, 4.69) is 4.74 Å². The SMILES string of the molecule is CCCCOC(=O)c1ccc2c(c1)C(=O)c1cc(OC(=O)O)ccc1-2. The summed E-state index contributed by atoms with van der Waals surface area (Å²) in [7, 11) is 0. The highest BCUT2D eigenvalue weighted by atomic mass is 16.7. The fraction of sp³-hybridized carbons (Fsp3) is 0.211. The van der Waals surface area contributed by atoms with Crippen LogP contribution in [0, 0.1) is 0 Å². The molecule has 1 N–H and O–H groups in total. The number of hydrogen-bond donors (Lipinski definition) is 1. The predicted octanol–water partition coefficient (Wildman–Crippen LogP) is 3.91. The van der Waals surface area contributed by atoms with Gasteiger partial charge < -0.3 is 14.6 Å². The minimum atomic E-state index is -1.44. The molecule has 0 radical (unpaired) electrons. The van der Waals surface area contributed by atoms with E-state index in [1.165, 1.54) is 18.2 Å². The Kier molecular flexibility index (Phi) is 4.52. The van der Waals surface area contributed by atoms with Gasteiger partial charge in [0.2, 0.25) is 0 Å². The van der Waals surface area contributed by atoms with Crippen molar-refractivity contribution in [3.05, 3.63) is 53.1 Å². The van der Waals surface area contributed by atoms with Gasteiger partial charge in [-0.3, -0.25) is 4.79 Å². The van der Waals surface area contributed by atoms with Gasteiger partial charge in [0, 0.05) is 11.1 Å². The van der Waals surface area contributed by atoms with Crippen LogP contribution in [-0.2, 0) is 4.74 Å². The fourth-order valence-corrected chi connectivity index (χ4v) is 2.74. The first-order valence-corrected chi connectivity index (χ1v) is 7.92. The Morgan fingerprint density at radius 3 is 2.36 bits per heavy atom. The van der Waals surface area contributed by atoms with Crippen LogP contribution in [0.4, 0.5) is 4.79 Å². The second kappa shape index (κ2) is 6.76. The van der Waals surface area contributed by atoms with Crippen molar-refractivity contribution in [3.8, 4) is 16.9 Å². The molecule has 0 amide bonds. The third-order valence-corrected chi connectivity index (χ3v) is 3.96. The summed E-state index contributed by atoms with van der Waals surface area (Å²) >= 11 is 0. The molecule has 0 fully saturated rings. The Bertz CT molecular complexity index is 868. The van der Waals surface area contributed by atoms with Crippen LogP contribution in [-0.4, -0.2) is 29.6 Å². The van der Waals surface area contributed by atoms with Crippen molar-refractivity contribution in [1.29, 1.82) is 0 Å². The van der Waals surface area contributed by atoms with Crippen LogP contribution in [0.25, 0.3) is 11.1 Å². The van der Waals surface area contributed by atoms with Gasteiger partial charge in [-0.2, -0.15) is 0 Å². The average Bonchev–Trinajstić information content (AvgIpc) is 2.86. The molecular weight excluding hydrogens is 324 g/mol. The molecule has 0 aliphatic heterocycles. The summed E-state index contributed by atoms with van der Waals surface area (Å²) in [6.45, 7) is 2.35.